The number of methoxy groups -OCH3 is 1. The summed E-state index contributed by atoms with van der Waals surface area (Å²) in [4.78, 5) is 39.3. The number of benzene rings is 2. The van der Waals surface area contributed by atoms with Gasteiger partial charge in [-0.25, -0.2) is 23.7 Å². The third-order valence-corrected chi connectivity index (χ3v) is 12.4. The SMILES string of the molecule is COc1cccc(C(=O)N2CCC(CC(=O)NOC3CCCCO3)(c3ccc(-c4ccc(-c5cnco5)cc4)s3)S(=O)(=O)CC2)c1. The molecule has 2 unspecified atom stereocenters. The second-order valence-corrected chi connectivity index (χ2v) is 14.8. The second kappa shape index (κ2) is 13.8. The lowest BCUT2D eigenvalue weighted by molar-refractivity contribution is -0.200. The highest BCUT2D eigenvalue weighted by Gasteiger charge is 2.50. The number of hydrogen-bond acceptors (Lipinski definition) is 10. The van der Waals surface area contributed by atoms with E-state index in [0.717, 1.165) is 28.8 Å². The summed E-state index contributed by atoms with van der Waals surface area (Å²) in [6.45, 7) is 0.664. The molecule has 13 heteroatoms. The van der Waals surface area contributed by atoms with Gasteiger partial charge in [0.15, 0.2) is 28.3 Å². The first-order chi connectivity index (χ1) is 22.3. The summed E-state index contributed by atoms with van der Waals surface area (Å²) in [5, 5.41) is 0. The van der Waals surface area contributed by atoms with Gasteiger partial charge in [0, 0.05) is 47.0 Å². The monoisotopic (exact) mass is 665 g/mol. The van der Waals surface area contributed by atoms with Crippen LogP contribution in [0.1, 0.15) is 47.3 Å². The molecule has 2 atom stereocenters. The molecule has 2 saturated heterocycles. The fraction of sp³-hybridized carbons (Fsp3) is 0.364. The molecule has 11 nitrogen and oxygen atoms in total. The average molecular weight is 666 g/mol. The highest BCUT2D eigenvalue weighted by Crippen LogP contribution is 2.45. The molecule has 0 spiro atoms. The van der Waals surface area contributed by atoms with E-state index in [4.69, 9.17) is 18.7 Å². The number of nitrogens with one attached hydrogen (secondary N) is 1. The zero-order valence-corrected chi connectivity index (χ0v) is 27.0. The molecule has 2 aliphatic rings. The fourth-order valence-electron chi connectivity index (χ4n) is 5.84. The largest absolute Gasteiger partial charge is 0.497 e. The van der Waals surface area contributed by atoms with Crippen molar-refractivity contribution < 1.29 is 36.7 Å². The quantitative estimate of drug-likeness (QED) is 0.239. The number of carbonyl (C=O) groups is 2. The van der Waals surface area contributed by atoms with E-state index < -0.39 is 26.8 Å². The molecule has 0 aliphatic carbocycles. The molecule has 2 fully saturated rings. The number of amides is 2. The second-order valence-electron chi connectivity index (χ2n) is 11.3. The molecule has 0 radical (unpaired) electrons. The Morgan fingerprint density at radius 1 is 1.09 bits per heavy atom. The summed E-state index contributed by atoms with van der Waals surface area (Å²) in [5.74, 6) is -0.00704. The fourth-order valence-corrected chi connectivity index (χ4v) is 9.45. The molecule has 2 aromatic heterocycles. The number of sulfone groups is 1. The third kappa shape index (κ3) is 6.73. The van der Waals surface area contributed by atoms with Crippen LogP contribution in [0.15, 0.2) is 77.7 Å². The van der Waals surface area contributed by atoms with Gasteiger partial charge in [-0.15, -0.1) is 11.3 Å². The Hall–Kier alpha value is -4.04. The minimum atomic E-state index is -3.95. The van der Waals surface area contributed by atoms with E-state index in [1.54, 1.807) is 36.5 Å². The number of hydroxylamine groups is 1. The Bertz CT molecular complexity index is 1770. The Kier molecular flexibility index (Phi) is 9.54. The Balaban J connectivity index is 1.29. The topological polar surface area (TPSA) is 137 Å². The van der Waals surface area contributed by atoms with E-state index in [0.29, 0.717) is 35.0 Å². The maximum Gasteiger partial charge on any atom is 0.254 e. The number of aromatic nitrogens is 1. The molecule has 2 aromatic carbocycles. The number of hydrogen-bond donors (Lipinski definition) is 1. The van der Waals surface area contributed by atoms with E-state index in [9.17, 15) is 18.0 Å². The summed E-state index contributed by atoms with van der Waals surface area (Å²) >= 11 is 1.32. The predicted molar refractivity (Wildman–Crippen MR) is 172 cm³/mol. The van der Waals surface area contributed by atoms with Crippen molar-refractivity contribution in [3.8, 4) is 27.5 Å². The van der Waals surface area contributed by atoms with Crippen molar-refractivity contribution in [3.05, 3.63) is 83.7 Å². The first-order valence-corrected chi connectivity index (χ1v) is 17.6. The molecular formula is C33H35N3O8S2. The van der Waals surface area contributed by atoms with E-state index in [1.807, 2.05) is 30.3 Å². The number of nitrogens with zero attached hydrogens (tertiary/aromatic N) is 2. The summed E-state index contributed by atoms with van der Waals surface area (Å²) in [5.41, 5.74) is 4.60. The van der Waals surface area contributed by atoms with Crippen molar-refractivity contribution in [3.63, 3.8) is 0 Å². The molecule has 4 aromatic rings. The molecule has 2 amide bonds. The first kappa shape index (κ1) is 31.9. The smallest absolute Gasteiger partial charge is 0.254 e. The molecule has 2 aliphatic heterocycles. The van der Waals surface area contributed by atoms with Crippen LogP contribution < -0.4 is 10.2 Å². The first-order valence-electron chi connectivity index (χ1n) is 15.1. The highest BCUT2D eigenvalue weighted by atomic mass is 32.2. The van der Waals surface area contributed by atoms with Crippen molar-refractivity contribution in [2.75, 3.05) is 32.6 Å². The van der Waals surface area contributed by atoms with E-state index >= 15 is 0 Å². The summed E-state index contributed by atoms with van der Waals surface area (Å²) in [7, 11) is -2.44. The molecule has 46 heavy (non-hydrogen) atoms. The van der Waals surface area contributed by atoms with Crippen LogP contribution in [0.2, 0.25) is 0 Å². The van der Waals surface area contributed by atoms with Gasteiger partial charge in [0.1, 0.15) is 10.5 Å². The lowest BCUT2D eigenvalue weighted by atomic mass is 9.97. The molecule has 1 N–H and O–H groups in total. The Labute approximate surface area is 271 Å². The van der Waals surface area contributed by atoms with Crippen molar-refractivity contribution in [2.45, 2.75) is 43.1 Å². The van der Waals surface area contributed by atoms with Gasteiger partial charge in [-0.05, 0) is 55.2 Å². The van der Waals surface area contributed by atoms with E-state index in [2.05, 4.69) is 10.5 Å². The van der Waals surface area contributed by atoms with Gasteiger partial charge in [0.25, 0.3) is 5.91 Å². The molecule has 6 rings (SSSR count). The number of oxazole rings is 1. The molecule has 0 saturated carbocycles. The Morgan fingerprint density at radius 2 is 1.91 bits per heavy atom. The van der Waals surface area contributed by atoms with Gasteiger partial charge >= 0.3 is 0 Å². The maximum atomic E-state index is 14.3. The van der Waals surface area contributed by atoms with Crippen LogP contribution in [0, 0.1) is 0 Å². The van der Waals surface area contributed by atoms with Crippen LogP contribution in [0.4, 0.5) is 0 Å². The molecular weight excluding hydrogens is 631 g/mol. The van der Waals surface area contributed by atoms with Gasteiger partial charge < -0.3 is 18.8 Å². The normalized spacial score (nSPS) is 21.3. The molecule has 0 bridgehead atoms. The van der Waals surface area contributed by atoms with Gasteiger partial charge in [0.2, 0.25) is 5.91 Å². The van der Waals surface area contributed by atoms with E-state index in [-0.39, 0.29) is 37.6 Å². The zero-order chi connectivity index (χ0) is 32.1. The highest BCUT2D eigenvalue weighted by molar-refractivity contribution is 7.92. The van der Waals surface area contributed by atoms with Crippen molar-refractivity contribution in [2.24, 2.45) is 0 Å². The van der Waals surface area contributed by atoms with Crippen LogP contribution in [-0.2, 0) is 29.0 Å². The summed E-state index contributed by atoms with van der Waals surface area (Å²) in [6, 6.07) is 18.1. The van der Waals surface area contributed by atoms with Crippen molar-refractivity contribution in [1.82, 2.24) is 15.4 Å². The number of ether oxygens (including phenoxy) is 2. The van der Waals surface area contributed by atoms with Gasteiger partial charge in [-0.2, -0.15) is 0 Å². The standard InChI is InChI=1S/C33H35N3O8S2/c1-41-26-6-4-5-25(19-26)32(38)36-15-14-33(46(39,40)18-16-36,20-30(37)35-44-31-7-2-3-17-42-31)29-13-12-28(45-29)24-10-8-23(9-11-24)27-21-34-22-43-27/h4-6,8-13,19,21-22,31H,2-3,7,14-18,20H2,1H3,(H,35,37). The lowest BCUT2D eigenvalue weighted by Crippen LogP contribution is -2.43. The van der Waals surface area contributed by atoms with Crippen molar-refractivity contribution >= 4 is 33.0 Å². The number of rotatable bonds is 9. The minimum Gasteiger partial charge on any atom is -0.497 e. The van der Waals surface area contributed by atoms with Crippen LogP contribution >= 0.6 is 11.3 Å². The minimum absolute atomic E-state index is 0.00447. The van der Waals surface area contributed by atoms with Crippen molar-refractivity contribution in [1.29, 1.82) is 0 Å². The predicted octanol–water partition coefficient (Wildman–Crippen LogP) is 5.20. The lowest BCUT2D eigenvalue weighted by Gasteiger charge is -2.31. The van der Waals surface area contributed by atoms with Crippen LogP contribution in [0.3, 0.4) is 0 Å². The van der Waals surface area contributed by atoms with Gasteiger partial charge in [0.05, 0.1) is 25.5 Å². The van der Waals surface area contributed by atoms with Crippen LogP contribution in [0.5, 0.6) is 5.75 Å². The maximum absolute atomic E-state index is 14.3. The van der Waals surface area contributed by atoms with E-state index in [1.165, 1.54) is 29.7 Å². The third-order valence-electron chi connectivity index (χ3n) is 8.44. The molecule has 4 heterocycles. The van der Waals surface area contributed by atoms with Crippen LogP contribution in [0.25, 0.3) is 21.8 Å². The van der Waals surface area contributed by atoms with Gasteiger partial charge in [-0.1, -0.05) is 30.3 Å². The average Bonchev–Trinajstić information content (AvgIpc) is 3.79. The van der Waals surface area contributed by atoms with Crippen LogP contribution in [-0.4, -0.2) is 69.0 Å². The summed E-state index contributed by atoms with van der Waals surface area (Å²) in [6.07, 6.45) is 4.55. The summed E-state index contributed by atoms with van der Waals surface area (Å²) < 4.78 is 43.2. The number of thiophene rings is 1. The zero-order valence-electron chi connectivity index (χ0n) is 25.3. The molecule has 242 valence electrons. The van der Waals surface area contributed by atoms with Gasteiger partial charge in [-0.3, -0.25) is 9.59 Å². The number of carbonyl (C=O) groups excluding carboxylic acids is 2. The Morgan fingerprint density at radius 3 is 2.65 bits per heavy atom.